The number of carbonyl (C=O) groups is 1. The summed E-state index contributed by atoms with van der Waals surface area (Å²) in [6.07, 6.45) is 1.35. The molecule has 0 saturated carbocycles. The number of benzene rings is 2. The molecule has 1 N–H and O–H groups in total. The summed E-state index contributed by atoms with van der Waals surface area (Å²) in [6.45, 7) is 4.33. The molecule has 7 nitrogen and oxygen atoms in total. The highest BCUT2D eigenvalue weighted by Gasteiger charge is 2.32. The second kappa shape index (κ2) is 10.9. The van der Waals surface area contributed by atoms with Crippen molar-refractivity contribution >= 4 is 33.2 Å². The summed E-state index contributed by atoms with van der Waals surface area (Å²) in [6, 6.07) is 15.1. The molecule has 2 saturated heterocycles. The molecule has 9 heteroatoms. The van der Waals surface area contributed by atoms with E-state index >= 15 is 0 Å². The van der Waals surface area contributed by atoms with Gasteiger partial charge in [-0.2, -0.15) is 0 Å². The number of carbonyl (C=O) groups excluding carboxylic acids is 1. The number of halogens is 1. The van der Waals surface area contributed by atoms with Gasteiger partial charge in [-0.3, -0.25) is 4.79 Å². The van der Waals surface area contributed by atoms with E-state index in [1.54, 1.807) is 24.3 Å². The van der Waals surface area contributed by atoms with Gasteiger partial charge in [0.15, 0.2) is 0 Å². The van der Waals surface area contributed by atoms with Crippen LogP contribution in [0.3, 0.4) is 0 Å². The number of piperidine rings is 1. The van der Waals surface area contributed by atoms with Crippen LogP contribution in [0.15, 0.2) is 48.5 Å². The van der Waals surface area contributed by atoms with Crippen molar-refractivity contribution in [2.75, 3.05) is 44.3 Å². The maximum absolute atomic E-state index is 12.9. The Bertz CT molecular complexity index is 1060. The van der Waals surface area contributed by atoms with E-state index in [4.69, 9.17) is 16.3 Å². The second-order valence-corrected chi connectivity index (χ2v) is 11.0. The third kappa shape index (κ3) is 6.47. The van der Waals surface area contributed by atoms with E-state index < -0.39 is 10.0 Å². The molecule has 4 rings (SSSR count). The third-order valence-corrected chi connectivity index (χ3v) is 8.22. The highest BCUT2D eigenvalue weighted by molar-refractivity contribution is 7.88. The Morgan fingerprint density at radius 3 is 2.55 bits per heavy atom. The molecule has 2 aliphatic heterocycles. The molecule has 2 fully saturated rings. The lowest BCUT2D eigenvalue weighted by molar-refractivity contribution is -0.126. The predicted molar refractivity (Wildman–Crippen MR) is 130 cm³/mol. The van der Waals surface area contributed by atoms with E-state index in [0.29, 0.717) is 36.5 Å². The number of ether oxygens (including phenoxy) is 1. The van der Waals surface area contributed by atoms with Gasteiger partial charge in [-0.05, 0) is 48.2 Å². The Labute approximate surface area is 200 Å². The summed E-state index contributed by atoms with van der Waals surface area (Å²) >= 11 is 5.99. The van der Waals surface area contributed by atoms with Crippen LogP contribution in [-0.4, -0.2) is 58.0 Å². The van der Waals surface area contributed by atoms with Gasteiger partial charge in [-0.15, -0.1) is 0 Å². The van der Waals surface area contributed by atoms with Gasteiger partial charge >= 0.3 is 0 Å². The predicted octanol–water partition coefficient (Wildman–Crippen LogP) is 3.03. The maximum atomic E-state index is 12.9. The molecule has 0 radical (unpaired) electrons. The van der Waals surface area contributed by atoms with Crippen molar-refractivity contribution in [3.8, 4) is 0 Å². The molecule has 0 unspecified atom stereocenters. The fourth-order valence-corrected chi connectivity index (χ4v) is 6.13. The number of hydrogen-bond acceptors (Lipinski definition) is 5. The monoisotopic (exact) mass is 491 g/mol. The average Bonchev–Trinajstić information content (AvgIpc) is 2.83. The van der Waals surface area contributed by atoms with Crippen molar-refractivity contribution in [2.24, 2.45) is 5.92 Å². The first-order valence-electron chi connectivity index (χ1n) is 11.3. The number of nitrogens with one attached hydrogen (secondary N) is 1. The number of rotatable bonds is 7. The zero-order chi connectivity index (χ0) is 23.3. The lowest BCUT2D eigenvalue weighted by Crippen LogP contribution is -2.45. The van der Waals surface area contributed by atoms with Gasteiger partial charge in [-0.1, -0.05) is 35.9 Å². The average molecular weight is 492 g/mol. The van der Waals surface area contributed by atoms with E-state index in [-0.39, 0.29) is 24.1 Å². The summed E-state index contributed by atoms with van der Waals surface area (Å²) in [5.41, 5.74) is 2.82. The largest absolute Gasteiger partial charge is 0.378 e. The van der Waals surface area contributed by atoms with Crippen molar-refractivity contribution in [3.63, 3.8) is 0 Å². The van der Waals surface area contributed by atoms with E-state index in [1.165, 1.54) is 4.31 Å². The zero-order valence-electron chi connectivity index (χ0n) is 18.6. The van der Waals surface area contributed by atoms with E-state index in [2.05, 4.69) is 22.3 Å². The molecule has 2 heterocycles. The number of nitrogens with zero attached hydrogens (tertiary/aromatic N) is 2. The van der Waals surface area contributed by atoms with Gasteiger partial charge in [0, 0.05) is 43.4 Å². The van der Waals surface area contributed by atoms with Crippen molar-refractivity contribution < 1.29 is 17.9 Å². The zero-order valence-corrected chi connectivity index (χ0v) is 20.2. The van der Waals surface area contributed by atoms with Gasteiger partial charge < -0.3 is 15.0 Å². The molecule has 178 valence electrons. The van der Waals surface area contributed by atoms with Crippen LogP contribution in [0.4, 0.5) is 5.69 Å². The Balaban J connectivity index is 1.30. The minimum atomic E-state index is -3.52. The Morgan fingerprint density at radius 1 is 1.06 bits per heavy atom. The molecular formula is C24H30ClN3O4S. The molecule has 1 atom stereocenters. The van der Waals surface area contributed by atoms with Crippen LogP contribution in [0.25, 0.3) is 0 Å². The van der Waals surface area contributed by atoms with Crippen LogP contribution in [0.5, 0.6) is 0 Å². The van der Waals surface area contributed by atoms with Crippen LogP contribution in [0, 0.1) is 5.92 Å². The Hall–Kier alpha value is -2.13. The molecule has 2 aromatic rings. The number of anilines is 1. The van der Waals surface area contributed by atoms with E-state index in [1.807, 2.05) is 12.1 Å². The molecule has 2 aliphatic rings. The van der Waals surface area contributed by atoms with Gasteiger partial charge in [0.25, 0.3) is 0 Å². The lowest BCUT2D eigenvalue weighted by Gasteiger charge is -2.31. The Morgan fingerprint density at radius 2 is 1.82 bits per heavy atom. The van der Waals surface area contributed by atoms with Gasteiger partial charge in [0.2, 0.25) is 15.9 Å². The molecular weight excluding hydrogens is 462 g/mol. The summed E-state index contributed by atoms with van der Waals surface area (Å²) < 4.78 is 32.7. The second-order valence-electron chi connectivity index (χ2n) is 8.57. The topological polar surface area (TPSA) is 79.0 Å². The Kier molecular flexibility index (Phi) is 7.90. The SMILES string of the molecule is O=C(NCc1ccc(N2CCOCC2)cc1)[C@@H]1CCCN(S(=O)(=O)Cc2cccc(Cl)c2)C1. The first-order chi connectivity index (χ1) is 15.9. The lowest BCUT2D eigenvalue weighted by atomic mass is 9.98. The van der Waals surface area contributed by atoms with Crippen LogP contribution in [-0.2, 0) is 31.9 Å². The van der Waals surface area contributed by atoms with Gasteiger partial charge in [0.1, 0.15) is 0 Å². The summed E-state index contributed by atoms with van der Waals surface area (Å²) in [4.78, 5) is 15.1. The molecule has 0 aromatic heterocycles. The van der Waals surface area contributed by atoms with Crippen molar-refractivity contribution in [3.05, 3.63) is 64.7 Å². The number of morpholine rings is 1. The highest BCUT2D eigenvalue weighted by atomic mass is 35.5. The summed E-state index contributed by atoms with van der Waals surface area (Å²) in [5.74, 6) is -0.562. The van der Waals surface area contributed by atoms with E-state index in [9.17, 15) is 13.2 Å². The fourth-order valence-electron chi connectivity index (χ4n) is 4.32. The quantitative estimate of drug-likeness (QED) is 0.644. The first-order valence-corrected chi connectivity index (χ1v) is 13.3. The molecule has 0 aliphatic carbocycles. The maximum Gasteiger partial charge on any atom is 0.224 e. The summed E-state index contributed by atoms with van der Waals surface area (Å²) in [7, 11) is -3.52. The van der Waals surface area contributed by atoms with Crippen molar-refractivity contribution in [1.82, 2.24) is 9.62 Å². The normalized spacial score (nSPS) is 19.9. The van der Waals surface area contributed by atoms with Crippen LogP contribution in [0.1, 0.15) is 24.0 Å². The molecule has 33 heavy (non-hydrogen) atoms. The fraction of sp³-hybridized carbons (Fsp3) is 0.458. The molecule has 0 bridgehead atoms. The third-order valence-electron chi connectivity index (χ3n) is 6.17. The van der Waals surface area contributed by atoms with Crippen LogP contribution >= 0.6 is 11.6 Å². The number of hydrogen-bond donors (Lipinski definition) is 1. The minimum Gasteiger partial charge on any atom is -0.378 e. The highest BCUT2D eigenvalue weighted by Crippen LogP contribution is 2.23. The molecule has 0 spiro atoms. The van der Waals surface area contributed by atoms with Gasteiger partial charge in [-0.25, -0.2) is 12.7 Å². The first kappa shape index (κ1) is 24.0. The number of amides is 1. The van der Waals surface area contributed by atoms with Crippen molar-refractivity contribution in [2.45, 2.75) is 25.1 Å². The number of sulfonamides is 1. The minimum absolute atomic E-state index is 0.102. The van der Waals surface area contributed by atoms with Crippen LogP contribution < -0.4 is 10.2 Å². The molecule has 1 amide bonds. The standard InChI is InChI=1S/C24H30ClN3O4S/c25-22-5-1-3-20(15-22)18-33(30,31)28-10-2-4-21(17-28)24(29)26-16-19-6-8-23(9-7-19)27-11-13-32-14-12-27/h1,3,5-9,15,21H,2,4,10-14,16-18H2,(H,26,29)/t21-/m1/s1. The smallest absolute Gasteiger partial charge is 0.224 e. The summed E-state index contributed by atoms with van der Waals surface area (Å²) in [5, 5.41) is 3.50. The van der Waals surface area contributed by atoms with Crippen LogP contribution in [0.2, 0.25) is 5.02 Å². The van der Waals surface area contributed by atoms with Gasteiger partial charge in [0.05, 0.1) is 24.9 Å². The molecule has 2 aromatic carbocycles. The van der Waals surface area contributed by atoms with E-state index in [0.717, 1.165) is 37.6 Å². The van der Waals surface area contributed by atoms with Crippen molar-refractivity contribution in [1.29, 1.82) is 0 Å².